The minimum atomic E-state index is -1.26. The zero-order valence-electron chi connectivity index (χ0n) is 27.5. The van der Waals surface area contributed by atoms with Crippen LogP contribution >= 0.6 is 0 Å². The largest absolute Gasteiger partial charge is 0.481 e. The normalized spacial score (nSPS) is 28.2. The van der Waals surface area contributed by atoms with E-state index in [9.17, 15) is 30.3 Å². The number of aromatic amines is 1. The van der Waals surface area contributed by atoms with Crippen LogP contribution in [0, 0.1) is 29.6 Å². The molecule has 0 bridgehead atoms. The number of aliphatic carboxylic acids is 1. The molecule has 9 atom stereocenters. The number of pyridine rings is 1. The first kappa shape index (κ1) is 36.1. The first-order valence-electron chi connectivity index (χ1n) is 17.6. The SMILES string of the molecule is CCCCCC1C=CC(CCCCCC(C(=O)O)C(O)CCC2(O)CC(Cc3ccnc(N)c3)CC2C(O)c2ccc[nH]2)C(O)C1. The average Bonchev–Trinajstić information content (AvgIpc) is 3.67. The third-order valence-corrected chi connectivity index (χ3v) is 10.7. The fourth-order valence-corrected chi connectivity index (χ4v) is 8.03. The van der Waals surface area contributed by atoms with E-state index in [-0.39, 0.29) is 30.8 Å². The van der Waals surface area contributed by atoms with Gasteiger partial charge in [0.25, 0.3) is 0 Å². The van der Waals surface area contributed by atoms with Crippen LogP contribution in [-0.4, -0.2) is 59.3 Å². The number of H-pyrrole nitrogens is 1. The van der Waals surface area contributed by atoms with E-state index in [4.69, 9.17) is 5.73 Å². The van der Waals surface area contributed by atoms with Crippen molar-refractivity contribution in [3.05, 3.63) is 60.1 Å². The number of carbonyl (C=O) groups is 1. The number of aromatic nitrogens is 2. The molecule has 256 valence electrons. The number of allylic oxidation sites excluding steroid dienone is 1. The number of carboxylic acids is 1. The van der Waals surface area contributed by atoms with Crippen LogP contribution in [0.4, 0.5) is 5.82 Å². The van der Waals surface area contributed by atoms with E-state index in [1.165, 1.54) is 19.3 Å². The summed E-state index contributed by atoms with van der Waals surface area (Å²) in [7, 11) is 0. The number of anilines is 1. The number of carboxylic acid groups (broad SMARTS) is 1. The summed E-state index contributed by atoms with van der Waals surface area (Å²) in [6.07, 6.45) is 16.8. The van der Waals surface area contributed by atoms with Gasteiger partial charge in [0.2, 0.25) is 0 Å². The van der Waals surface area contributed by atoms with E-state index >= 15 is 0 Å². The van der Waals surface area contributed by atoms with E-state index in [1.54, 1.807) is 18.5 Å². The summed E-state index contributed by atoms with van der Waals surface area (Å²) in [6.45, 7) is 2.20. The van der Waals surface area contributed by atoms with Crippen molar-refractivity contribution in [3.8, 4) is 0 Å². The van der Waals surface area contributed by atoms with Gasteiger partial charge in [-0.3, -0.25) is 4.79 Å². The summed E-state index contributed by atoms with van der Waals surface area (Å²) < 4.78 is 0. The molecule has 9 nitrogen and oxygen atoms in total. The summed E-state index contributed by atoms with van der Waals surface area (Å²) in [5.74, 6) is -1.27. The highest BCUT2D eigenvalue weighted by Gasteiger charge is 2.49. The molecule has 9 unspecified atom stereocenters. The number of aliphatic hydroxyl groups excluding tert-OH is 3. The molecule has 8 N–H and O–H groups in total. The summed E-state index contributed by atoms with van der Waals surface area (Å²) in [6, 6.07) is 7.34. The minimum absolute atomic E-state index is 0.0818. The second-order valence-corrected chi connectivity index (χ2v) is 14.2. The van der Waals surface area contributed by atoms with Gasteiger partial charge in [-0.15, -0.1) is 0 Å². The van der Waals surface area contributed by atoms with Crippen molar-refractivity contribution in [1.82, 2.24) is 9.97 Å². The monoisotopic (exact) mass is 639 g/mol. The molecule has 2 heterocycles. The van der Waals surface area contributed by atoms with Crippen LogP contribution in [0.25, 0.3) is 0 Å². The number of aliphatic hydroxyl groups is 4. The Labute approximate surface area is 274 Å². The molecular formula is C37H57N3O6. The van der Waals surface area contributed by atoms with E-state index < -0.39 is 35.6 Å². The summed E-state index contributed by atoms with van der Waals surface area (Å²) in [5, 5.41) is 54.9. The molecule has 1 saturated carbocycles. The highest BCUT2D eigenvalue weighted by atomic mass is 16.4. The Morgan fingerprint density at radius 1 is 1.09 bits per heavy atom. The Kier molecular flexibility index (Phi) is 13.7. The molecule has 0 spiro atoms. The van der Waals surface area contributed by atoms with Crippen molar-refractivity contribution in [1.29, 1.82) is 0 Å². The van der Waals surface area contributed by atoms with Crippen LogP contribution in [0.1, 0.15) is 114 Å². The lowest BCUT2D eigenvalue weighted by molar-refractivity contribution is -0.147. The van der Waals surface area contributed by atoms with Crippen LogP contribution in [0.5, 0.6) is 0 Å². The lowest BCUT2D eigenvalue weighted by atomic mass is 9.79. The van der Waals surface area contributed by atoms with Crippen LogP contribution in [-0.2, 0) is 11.2 Å². The van der Waals surface area contributed by atoms with Gasteiger partial charge in [0.05, 0.1) is 29.8 Å². The Balaban J connectivity index is 1.27. The third-order valence-electron chi connectivity index (χ3n) is 10.7. The molecule has 0 aromatic carbocycles. The van der Waals surface area contributed by atoms with Gasteiger partial charge >= 0.3 is 5.97 Å². The van der Waals surface area contributed by atoms with Gasteiger partial charge in [-0.25, -0.2) is 4.98 Å². The number of nitrogens with two attached hydrogens (primary N) is 1. The maximum atomic E-state index is 12.2. The van der Waals surface area contributed by atoms with Crippen molar-refractivity contribution < 1.29 is 30.3 Å². The molecule has 2 aromatic heterocycles. The Hall–Kier alpha value is -2.72. The van der Waals surface area contributed by atoms with E-state index in [2.05, 4.69) is 29.0 Å². The molecule has 2 aromatic rings. The lowest BCUT2D eigenvalue weighted by Crippen LogP contribution is -2.39. The number of hydrogen-bond acceptors (Lipinski definition) is 7. The molecule has 0 radical (unpaired) electrons. The molecule has 1 fully saturated rings. The van der Waals surface area contributed by atoms with Crippen molar-refractivity contribution >= 4 is 11.8 Å². The first-order chi connectivity index (χ1) is 22.1. The molecule has 0 aliphatic heterocycles. The minimum Gasteiger partial charge on any atom is -0.481 e. The Morgan fingerprint density at radius 2 is 1.89 bits per heavy atom. The second kappa shape index (κ2) is 17.4. The second-order valence-electron chi connectivity index (χ2n) is 14.2. The predicted molar refractivity (Wildman–Crippen MR) is 180 cm³/mol. The first-order valence-corrected chi connectivity index (χ1v) is 17.6. The average molecular weight is 640 g/mol. The van der Waals surface area contributed by atoms with Gasteiger partial charge in [0.15, 0.2) is 0 Å². The smallest absolute Gasteiger partial charge is 0.309 e. The van der Waals surface area contributed by atoms with Crippen LogP contribution < -0.4 is 5.73 Å². The highest BCUT2D eigenvalue weighted by Crippen LogP contribution is 2.49. The summed E-state index contributed by atoms with van der Waals surface area (Å²) >= 11 is 0. The van der Waals surface area contributed by atoms with Gasteiger partial charge in [-0.05, 0) is 99.5 Å². The number of rotatable bonds is 19. The third kappa shape index (κ3) is 10.1. The maximum Gasteiger partial charge on any atom is 0.309 e. The van der Waals surface area contributed by atoms with Gasteiger partial charge < -0.3 is 36.3 Å². The molecular weight excluding hydrogens is 582 g/mol. The van der Waals surface area contributed by atoms with Gasteiger partial charge in [-0.1, -0.05) is 57.6 Å². The van der Waals surface area contributed by atoms with Gasteiger partial charge in [0, 0.05) is 29.9 Å². The van der Waals surface area contributed by atoms with E-state index in [0.29, 0.717) is 49.5 Å². The topological polar surface area (TPSA) is 173 Å². The van der Waals surface area contributed by atoms with E-state index in [1.807, 2.05) is 18.2 Å². The quantitative estimate of drug-likeness (QED) is 0.0729. The molecule has 2 aliphatic carbocycles. The number of nitrogens with zero attached hydrogens (tertiary/aromatic N) is 1. The number of hydrogen-bond donors (Lipinski definition) is 7. The lowest BCUT2D eigenvalue weighted by Gasteiger charge is -2.34. The number of unbranched alkanes of at least 4 members (excludes halogenated alkanes) is 4. The van der Waals surface area contributed by atoms with Gasteiger partial charge in [-0.2, -0.15) is 0 Å². The zero-order valence-corrected chi connectivity index (χ0v) is 27.5. The zero-order chi connectivity index (χ0) is 33.1. The Morgan fingerprint density at radius 3 is 2.59 bits per heavy atom. The van der Waals surface area contributed by atoms with Gasteiger partial charge in [0.1, 0.15) is 5.82 Å². The predicted octanol–water partition coefficient (Wildman–Crippen LogP) is 5.95. The molecule has 46 heavy (non-hydrogen) atoms. The molecule has 9 heteroatoms. The summed E-state index contributed by atoms with van der Waals surface area (Å²) in [4.78, 5) is 19.3. The molecule has 4 rings (SSSR count). The number of nitrogen functional groups attached to an aromatic ring is 1. The molecule has 2 aliphatic rings. The fraction of sp³-hybridized carbons (Fsp3) is 0.676. The van der Waals surface area contributed by atoms with E-state index in [0.717, 1.165) is 37.7 Å². The standard InChI is InChI=1S/C37H57N3O6/c1-2-3-5-9-25-13-14-28(33(42)22-25)10-6-4-7-11-29(36(44)45)32(41)15-17-37(46)24-27(20-26-16-19-40-34(38)23-26)21-30(37)35(43)31-12-8-18-39-31/h8,12-14,16,18-19,23,25,27-30,32-33,35,39,41-43,46H,2-7,9-11,15,17,20-22,24H2,1H3,(H2,38,40)(H,44,45). The van der Waals surface area contributed by atoms with Crippen molar-refractivity contribution in [2.45, 2.75) is 127 Å². The number of nitrogens with one attached hydrogen (secondary N) is 1. The highest BCUT2D eigenvalue weighted by molar-refractivity contribution is 5.70. The van der Waals surface area contributed by atoms with Crippen LogP contribution in [0.3, 0.4) is 0 Å². The van der Waals surface area contributed by atoms with Crippen LogP contribution in [0.2, 0.25) is 0 Å². The van der Waals surface area contributed by atoms with Crippen LogP contribution in [0.15, 0.2) is 48.8 Å². The molecule has 0 saturated heterocycles. The maximum absolute atomic E-state index is 12.2. The van der Waals surface area contributed by atoms with Crippen molar-refractivity contribution in [2.75, 3.05) is 5.73 Å². The van der Waals surface area contributed by atoms with Crippen molar-refractivity contribution in [3.63, 3.8) is 0 Å². The molecule has 0 amide bonds. The van der Waals surface area contributed by atoms with Crippen molar-refractivity contribution in [2.24, 2.45) is 29.6 Å². The summed E-state index contributed by atoms with van der Waals surface area (Å²) in [5.41, 5.74) is 6.26. The Bertz CT molecular complexity index is 1220. The fourth-order valence-electron chi connectivity index (χ4n) is 8.03.